The molecule has 0 aromatic heterocycles. The maximum absolute atomic E-state index is 12.6. The molecule has 1 heterocycles. The molecule has 1 fully saturated rings. The van der Waals surface area contributed by atoms with Crippen molar-refractivity contribution in [1.29, 1.82) is 5.26 Å². The smallest absolute Gasteiger partial charge is 0.243 e. The van der Waals surface area contributed by atoms with Gasteiger partial charge < -0.3 is 5.73 Å². The van der Waals surface area contributed by atoms with Crippen LogP contribution in [0.1, 0.15) is 18.9 Å². The van der Waals surface area contributed by atoms with Gasteiger partial charge in [0.15, 0.2) is 0 Å². The van der Waals surface area contributed by atoms with Crippen LogP contribution in [0, 0.1) is 17.2 Å². The van der Waals surface area contributed by atoms with E-state index in [2.05, 4.69) is 0 Å². The lowest BCUT2D eigenvalue weighted by molar-refractivity contribution is 0.404. The average molecular weight is 316 g/mol. The van der Waals surface area contributed by atoms with Gasteiger partial charge in [-0.05, 0) is 44.0 Å². The first-order valence-electron chi connectivity index (χ1n) is 6.21. The van der Waals surface area contributed by atoms with E-state index in [0.717, 1.165) is 6.42 Å². The molecule has 0 aliphatic carbocycles. The molecular weight excluding hydrogens is 298 g/mol. The van der Waals surface area contributed by atoms with Crippen LogP contribution in [0.4, 0.5) is 0 Å². The van der Waals surface area contributed by atoms with Crippen molar-refractivity contribution in [3.8, 4) is 6.07 Å². The summed E-state index contributed by atoms with van der Waals surface area (Å²) >= 11 is 0. The summed E-state index contributed by atoms with van der Waals surface area (Å²) in [4.78, 5) is 0.177. The lowest BCUT2D eigenvalue weighted by atomic mass is 10.1. The van der Waals surface area contributed by atoms with Crippen LogP contribution in [0.5, 0.6) is 0 Å². The Morgan fingerprint density at radius 2 is 2.20 bits per heavy atom. The van der Waals surface area contributed by atoms with Crippen LogP contribution in [-0.4, -0.2) is 31.9 Å². The molecule has 1 saturated heterocycles. The van der Waals surface area contributed by atoms with E-state index in [0.29, 0.717) is 18.7 Å². The molecule has 0 radical (unpaired) electrons. The Balaban J connectivity index is 0.00000200. The van der Waals surface area contributed by atoms with Gasteiger partial charge in [0.25, 0.3) is 0 Å². The van der Waals surface area contributed by atoms with E-state index in [9.17, 15) is 8.42 Å². The van der Waals surface area contributed by atoms with Crippen molar-refractivity contribution >= 4 is 22.4 Å². The molecule has 110 valence electrons. The summed E-state index contributed by atoms with van der Waals surface area (Å²) in [5.41, 5.74) is 5.97. The molecular formula is C13H18ClN3O2S. The Morgan fingerprint density at radius 1 is 1.50 bits per heavy atom. The normalized spacial score (nSPS) is 23.1. The fourth-order valence-corrected chi connectivity index (χ4v) is 4.24. The zero-order valence-electron chi connectivity index (χ0n) is 11.2. The highest BCUT2D eigenvalue weighted by Crippen LogP contribution is 2.29. The van der Waals surface area contributed by atoms with Crippen molar-refractivity contribution in [2.24, 2.45) is 11.7 Å². The fraction of sp³-hybridized carbons (Fsp3) is 0.462. The number of hydrogen-bond donors (Lipinski definition) is 1. The average Bonchev–Trinajstić information content (AvgIpc) is 2.81. The first kappa shape index (κ1) is 16.9. The number of nitrogens with two attached hydrogens (primary N) is 1. The van der Waals surface area contributed by atoms with Gasteiger partial charge in [0.1, 0.15) is 0 Å². The summed E-state index contributed by atoms with van der Waals surface area (Å²) in [6.07, 6.45) is 0.785. The second-order valence-electron chi connectivity index (χ2n) is 4.90. The third kappa shape index (κ3) is 3.13. The first-order chi connectivity index (χ1) is 8.98. The number of nitrogens with zero attached hydrogens (tertiary/aromatic N) is 2. The molecule has 2 rings (SSSR count). The van der Waals surface area contributed by atoms with Crippen LogP contribution in [0.3, 0.4) is 0 Å². The number of hydrogen-bond acceptors (Lipinski definition) is 4. The van der Waals surface area contributed by atoms with Crippen LogP contribution < -0.4 is 5.73 Å². The van der Waals surface area contributed by atoms with Gasteiger partial charge >= 0.3 is 0 Å². The topological polar surface area (TPSA) is 87.2 Å². The number of benzene rings is 1. The Labute approximate surface area is 125 Å². The van der Waals surface area contributed by atoms with E-state index in [4.69, 9.17) is 11.0 Å². The second kappa shape index (κ2) is 6.55. The van der Waals surface area contributed by atoms with Crippen molar-refractivity contribution in [3.05, 3.63) is 29.8 Å². The highest BCUT2D eigenvalue weighted by Gasteiger charge is 2.37. The van der Waals surface area contributed by atoms with Crippen LogP contribution >= 0.6 is 12.4 Å². The molecule has 0 spiro atoms. The molecule has 0 bridgehead atoms. The molecule has 0 amide bonds. The number of rotatable bonds is 3. The zero-order valence-corrected chi connectivity index (χ0v) is 12.8. The van der Waals surface area contributed by atoms with Gasteiger partial charge in [-0.1, -0.05) is 6.07 Å². The van der Waals surface area contributed by atoms with Gasteiger partial charge in [-0.25, -0.2) is 8.42 Å². The van der Waals surface area contributed by atoms with Crippen molar-refractivity contribution in [2.75, 3.05) is 13.1 Å². The molecule has 1 aliphatic rings. The highest BCUT2D eigenvalue weighted by molar-refractivity contribution is 7.89. The molecule has 7 heteroatoms. The van der Waals surface area contributed by atoms with Crippen molar-refractivity contribution < 1.29 is 8.42 Å². The number of nitriles is 1. The van der Waals surface area contributed by atoms with Crippen LogP contribution in [0.2, 0.25) is 0 Å². The van der Waals surface area contributed by atoms with Crippen molar-refractivity contribution in [2.45, 2.75) is 24.3 Å². The molecule has 0 saturated carbocycles. The second-order valence-corrected chi connectivity index (χ2v) is 6.79. The lowest BCUT2D eigenvalue weighted by Gasteiger charge is -2.21. The van der Waals surface area contributed by atoms with Gasteiger partial charge in [-0.3, -0.25) is 0 Å². The summed E-state index contributed by atoms with van der Waals surface area (Å²) in [7, 11) is -3.54. The molecule has 1 aromatic carbocycles. The number of sulfonamides is 1. The monoisotopic (exact) mass is 315 g/mol. The molecule has 2 atom stereocenters. The Hall–Kier alpha value is -1.13. The summed E-state index contributed by atoms with van der Waals surface area (Å²) in [6, 6.07) is 8.03. The molecule has 2 N–H and O–H groups in total. The minimum Gasteiger partial charge on any atom is -0.330 e. The largest absolute Gasteiger partial charge is 0.330 e. The Kier molecular flexibility index (Phi) is 5.54. The third-order valence-electron chi connectivity index (χ3n) is 3.51. The van der Waals surface area contributed by atoms with E-state index in [1.54, 1.807) is 12.1 Å². The molecule has 20 heavy (non-hydrogen) atoms. The fourth-order valence-electron chi connectivity index (χ4n) is 2.48. The quantitative estimate of drug-likeness (QED) is 0.911. The zero-order chi connectivity index (χ0) is 14.0. The Bertz CT molecular complexity index is 612. The van der Waals surface area contributed by atoms with Gasteiger partial charge in [-0.15, -0.1) is 12.4 Å². The number of halogens is 1. The van der Waals surface area contributed by atoms with E-state index >= 15 is 0 Å². The summed E-state index contributed by atoms with van der Waals surface area (Å²) in [6.45, 7) is 2.84. The maximum atomic E-state index is 12.6. The van der Waals surface area contributed by atoms with Gasteiger partial charge in [0, 0.05) is 12.6 Å². The standard InChI is InChI=1S/C13H17N3O2S.ClH/c1-10-5-12(8-15)9-16(10)19(17,18)13-4-2-3-11(6-13)7-14;/h2-4,6,10,12H,5,8-9,15H2,1H3;1H. The summed E-state index contributed by atoms with van der Waals surface area (Å²) in [5, 5.41) is 8.85. The van der Waals surface area contributed by atoms with Crippen LogP contribution in [0.25, 0.3) is 0 Å². The van der Waals surface area contributed by atoms with Gasteiger partial charge in [0.2, 0.25) is 10.0 Å². The summed E-state index contributed by atoms with van der Waals surface area (Å²) < 4.78 is 26.6. The van der Waals surface area contributed by atoms with E-state index in [1.807, 2.05) is 13.0 Å². The van der Waals surface area contributed by atoms with E-state index in [-0.39, 0.29) is 29.3 Å². The minimum atomic E-state index is -3.54. The first-order valence-corrected chi connectivity index (χ1v) is 7.65. The third-order valence-corrected chi connectivity index (χ3v) is 5.48. The molecule has 2 unspecified atom stereocenters. The summed E-state index contributed by atoms with van der Waals surface area (Å²) in [5.74, 6) is 0.212. The Morgan fingerprint density at radius 3 is 2.75 bits per heavy atom. The molecule has 1 aromatic rings. The van der Waals surface area contributed by atoms with Gasteiger partial charge in [0.05, 0.1) is 16.5 Å². The van der Waals surface area contributed by atoms with Crippen LogP contribution in [-0.2, 0) is 10.0 Å². The van der Waals surface area contributed by atoms with E-state index in [1.165, 1.54) is 16.4 Å². The van der Waals surface area contributed by atoms with Gasteiger partial charge in [-0.2, -0.15) is 9.57 Å². The van der Waals surface area contributed by atoms with Crippen LogP contribution in [0.15, 0.2) is 29.2 Å². The predicted molar refractivity (Wildman–Crippen MR) is 78.9 cm³/mol. The van der Waals surface area contributed by atoms with E-state index < -0.39 is 10.0 Å². The van der Waals surface area contributed by atoms with Crippen molar-refractivity contribution in [1.82, 2.24) is 4.31 Å². The molecule has 5 nitrogen and oxygen atoms in total. The SMILES string of the molecule is CC1CC(CN)CN1S(=O)(=O)c1cccc(C#N)c1.Cl. The van der Waals surface area contributed by atoms with Crippen molar-refractivity contribution in [3.63, 3.8) is 0 Å². The predicted octanol–water partition coefficient (Wildman–Crippen LogP) is 1.34. The minimum absolute atomic E-state index is 0. The maximum Gasteiger partial charge on any atom is 0.243 e. The highest BCUT2D eigenvalue weighted by atomic mass is 35.5. The lowest BCUT2D eigenvalue weighted by Crippen LogP contribution is -2.34. The molecule has 1 aliphatic heterocycles.